The van der Waals surface area contributed by atoms with E-state index in [0.717, 1.165) is 25.7 Å². The molecular weight excluding hydrogens is 370 g/mol. The minimum atomic E-state index is -0.963. The van der Waals surface area contributed by atoms with E-state index in [-0.39, 0.29) is 36.9 Å². The number of carbonyl (C=O) groups excluding carboxylic acids is 4. The van der Waals surface area contributed by atoms with E-state index in [4.69, 9.17) is 0 Å². The summed E-state index contributed by atoms with van der Waals surface area (Å²) in [7, 11) is 1.68. The Morgan fingerprint density at radius 2 is 1.69 bits per heavy atom. The first kappa shape index (κ1) is 19.6. The molecule has 2 aliphatic heterocycles. The van der Waals surface area contributed by atoms with Crippen LogP contribution in [-0.2, 0) is 19.2 Å². The lowest BCUT2D eigenvalue weighted by molar-refractivity contribution is -0.143. The Morgan fingerprint density at radius 3 is 2.31 bits per heavy atom. The van der Waals surface area contributed by atoms with E-state index in [1.807, 2.05) is 18.2 Å². The molecular formula is C22H27N3O4. The summed E-state index contributed by atoms with van der Waals surface area (Å²) in [5.41, 5.74) is 1.33. The molecule has 7 heteroatoms. The number of benzene rings is 1. The van der Waals surface area contributed by atoms with E-state index >= 15 is 0 Å². The lowest BCUT2D eigenvalue weighted by Crippen LogP contribution is -2.43. The smallest absolute Gasteiger partial charge is 0.291 e. The van der Waals surface area contributed by atoms with Crippen LogP contribution < -0.4 is 5.32 Å². The van der Waals surface area contributed by atoms with Gasteiger partial charge in [0, 0.05) is 32.6 Å². The van der Waals surface area contributed by atoms with Gasteiger partial charge in [-0.05, 0) is 37.2 Å². The lowest BCUT2D eigenvalue weighted by Gasteiger charge is -2.30. The van der Waals surface area contributed by atoms with E-state index in [1.54, 1.807) is 11.9 Å². The molecule has 0 radical (unpaired) electrons. The first-order valence-electron chi connectivity index (χ1n) is 10.4. The summed E-state index contributed by atoms with van der Waals surface area (Å²) in [5, 5.41) is 3.00. The van der Waals surface area contributed by atoms with Crippen LogP contribution in [0.3, 0.4) is 0 Å². The third-order valence-electron chi connectivity index (χ3n) is 6.59. The van der Waals surface area contributed by atoms with Gasteiger partial charge in [-0.3, -0.25) is 19.2 Å². The van der Waals surface area contributed by atoms with Crippen molar-refractivity contribution in [2.45, 2.75) is 50.1 Å². The van der Waals surface area contributed by atoms with Crippen LogP contribution in [0.4, 0.5) is 0 Å². The zero-order valence-electron chi connectivity index (χ0n) is 16.7. The monoisotopic (exact) mass is 397 g/mol. The summed E-state index contributed by atoms with van der Waals surface area (Å²) >= 11 is 0. The van der Waals surface area contributed by atoms with Gasteiger partial charge in [-0.25, -0.2) is 0 Å². The minimum absolute atomic E-state index is 0.0404. The van der Waals surface area contributed by atoms with Crippen molar-refractivity contribution in [3.05, 3.63) is 35.9 Å². The Morgan fingerprint density at radius 1 is 1.00 bits per heavy atom. The highest BCUT2D eigenvalue weighted by Gasteiger charge is 2.48. The van der Waals surface area contributed by atoms with Gasteiger partial charge in [0.05, 0.1) is 6.04 Å². The number of likely N-dealkylation sites (tertiary alicyclic amines) is 2. The lowest BCUT2D eigenvalue weighted by atomic mass is 9.81. The second-order valence-electron chi connectivity index (χ2n) is 8.47. The average molecular weight is 397 g/mol. The Balaban J connectivity index is 1.32. The number of amides is 3. The van der Waals surface area contributed by atoms with Crippen molar-refractivity contribution < 1.29 is 19.2 Å². The van der Waals surface area contributed by atoms with Gasteiger partial charge in [-0.15, -0.1) is 0 Å². The highest BCUT2D eigenvalue weighted by Crippen LogP contribution is 2.33. The standard InChI is InChI=1S/C22H27N3O4/c1-24-12-17(11-19(24)26)25-13-18(20(27)22(25)29)21(28)23-16-9-7-15(8-10-16)14-5-3-2-4-6-14/h2-6,15-18H,7-13H2,1H3,(H,23,28). The largest absolute Gasteiger partial charge is 0.353 e. The summed E-state index contributed by atoms with van der Waals surface area (Å²) < 4.78 is 0. The van der Waals surface area contributed by atoms with E-state index < -0.39 is 17.6 Å². The molecule has 3 fully saturated rings. The molecule has 2 unspecified atom stereocenters. The number of likely N-dealkylation sites (N-methyl/N-ethyl adjacent to an activating group) is 1. The van der Waals surface area contributed by atoms with Gasteiger partial charge in [-0.2, -0.15) is 0 Å². The van der Waals surface area contributed by atoms with Crippen molar-refractivity contribution in [2.75, 3.05) is 20.1 Å². The second kappa shape index (κ2) is 7.97. The Hall–Kier alpha value is -2.70. The summed E-state index contributed by atoms with van der Waals surface area (Å²) in [4.78, 5) is 52.2. The van der Waals surface area contributed by atoms with Gasteiger partial charge in [0.1, 0.15) is 5.92 Å². The van der Waals surface area contributed by atoms with Crippen molar-refractivity contribution in [3.63, 3.8) is 0 Å². The van der Waals surface area contributed by atoms with Gasteiger partial charge in [0.2, 0.25) is 17.6 Å². The maximum Gasteiger partial charge on any atom is 0.291 e. The Labute approximate surface area is 170 Å². The molecule has 0 aromatic heterocycles. The van der Waals surface area contributed by atoms with Gasteiger partial charge in [0.15, 0.2) is 0 Å². The first-order valence-corrected chi connectivity index (χ1v) is 10.4. The third-order valence-corrected chi connectivity index (χ3v) is 6.59. The van der Waals surface area contributed by atoms with Crippen LogP contribution in [0.2, 0.25) is 0 Å². The number of carbonyl (C=O) groups is 4. The number of hydrogen-bond acceptors (Lipinski definition) is 4. The van der Waals surface area contributed by atoms with E-state index in [2.05, 4.69) is 17.4 Å². The molecule has 1 aromatic rings. The highest BCUT2D eigenvalue weighted by atomic mass is 16.2. The minimum Gasteiger partial charge on any atom is -0.353 e. The van der Waals surface area contributed by atoms with Crippen molar-refractivity contribution in [2.24, 2.45) is 5.92 Å². The number of nitrogens with one attached hydrogen (secondary N) is 1. The summed E-state index contributed by atoms with van der Waals surface area (Å²) in [6.45, 7) is 0.490. The van der Waals surface area contributed by atoms with Gasteiger partial charge >= 0.3 is 0 Å². The van der Waals surface area contributed by atoms with Gasteiger partial charge in [-0.1, -0.05) is 30.3 Å². The molecule has 0 bridgehead atoms. The van der Waals surface area contributed by atoms with E-state index in [9.17, 15) is 19.2 Å². The van der Waals surface area contributed by atoms with Gasteiger partial charge in [0.25, 0.3) is 5.91 Å². The average Bonchev–Trinajstić information content (AvgIpc) is 3.22. The summed E-state index contributed by atoms with van der Waals surface area (Å²) in [5.74, 6) is -2.14. The SMILES string of the molecule is CN1CC(N2CC(C(=O)NC3CCC(c4ccccc4)CC3)C(=O)C2=O)CC1=O. The number of hydrogen-bond donors (Lipinski definition) is 1. The van der Waals surface area contributed by atoms with Crippen LogP contribution in [-0.4, -0.2) is 65.5 Å². The molecule has 29 heavy (non-hydrogen) atoms. The molecule has 3 aliphatic rings. The van der Waals surface area contributed by atoms with E-state index in [1.165, 1.54) is 10.5 Å². The fraction of sp³-hybridized carbons (Fsp3) is 0.545. The molecule has 7 nitrogen and oxygen atoms in total. The number of ketones is 1. The third kappa shape index (κ3) is 3.91. The van der Waals surface area contributed by atoms with Crippen LogP contribution in [0.1, 0.15) is 43.6 Å². The van der Waals surface area contributed by atoms with Gasteiger partial charge < -0.3 is 15.1 Å². The molecule has 4 rings (SSSR count). The number of Topliss-reactive ketones (excluding diaryl/α,β-unsaturated/α-hetero) is 1. The molecule has 2 heterocycles. The molecule has 0 spiro atoms. The Bertz CT molecular complexity index is 817. The number of rotatable bonds is 4. The zero-order valence-corrected chi connectivity index (χ0v) is 16.7. The molecule has 1 N–H and O–H groups in total. The van der Waals surface area contributed by atoms with Crippen LogP contribution >= 0.6 is 0 Å². The van der Waals surface area contributed by atoms with Crippen molar-refractivity contribution in [1.29, 1.82) is 0 Å². The topological polar surface area (TPSA) is 86.8 Å². The van der Waals surface area contributed by atoms with Crippen LogP contribution in [0, 0.1) is 5.92 Å². The molecule has 1 saturated carbocycles. The predicted molar refractivity (Wildman–Crippen MR) is 106 cm³/mol. The maximum absolute atomic E-state index is 12.7. The molecule has 2 saturated heterocycles. The molecule has 3 amide bonds. The summed E-state index contributed by atoms with van der Waals surface area (Å²) in [6, 6.07) is 10.1. The fourth-order valence-corrected chi connectivity index (χ4v) is 4.82. The normalized spacial score (nSPS) is 30.2. The highest BCUT2D eigenvalue weighted by molar-refractivity contribution is 6.42. The predicted octanol–water partition coefficient (Wildman–Crippen LogP) is 1.09. The van der Waals surface area contributed by atoms with E-state index in [0.29, 0.717) is 12.5 Å². The van der Waals surface area contributed by atoms with Crippen LogP contribution in [0.25, 0.3) is 0 Å². The second-order valence-corrected chi connectivity index (χ2v) is 8.47. The molecule has 2 atom stereocenters. The number of nitrogens with zero attached hydrogens (tertiary/aromatic N) is 2. The van der Waals surface area contributed by atoms with Crippen molar-refractivity contribution >= 4 is 23.5 Å². The maximum atomic E-state index is 12.7. The molecule has 1 aliphatic carbocycles. The first-order chi connectivity index (χ1) is 13.9. The summed E-state index contributed by atoms with van der Waals surface area (Å²) in [6.07, 6.45) is 3.94. The van der Waals surface area contributed by atoms with Crippen LogP contribution in [0.15, 0.2) is 30.3 Å². The Kier molecular flexibility index (Phi) is 5.39. The van der Waals surface area contributed by atoms with Crippen LogP contribution in [0.5, 0.6) is 0 Å². The quantitative estimate of drug-likeness (QED) is 0.609. The molecule has 1 aromatic carbocycles. The van der Waals surface area contributed by atoms with Crippen molar-refractivity contribution in [1.82, 2.24) is 15.1 Å². The van der Waals surface area contributed by atoms with Crippen molar-refractivity contribution in [3.8, 4) is 0 Å². The fourth-order valence-electron chi connectivity index (χ4n) is 4.82. The zero-order chi connectivity index (χ0) is 20.5. The molecule has 154 valence electrons.